The predicted octanol–water partition coefficient (Wildman–Crippen LogP) is 2.84. The molecule has 0 aliphatic heterocycles. The molecule has 1 heterocycles. The number of rotatable bonds is 0. The van der Waals surface area contributed by atoms with Crippen LogP contribution in [0.3, 0.4) is 0 Å². The summed E-state index contributed by atoms with van der Waals surface area (Å²) in [7, 11) is 0. The highest BCUT2D eigenvalue weighted by molar-refractivity contribution is 6.38. The molecule has 0 spiro atoms. The average Bonchev–Trinajstić information content (AvgIpc) is 2.33. The van der Waals surface area contributed by atoms with Crippen LogP contribution in [0.4, 0.5) is 0 Å². The number of benzene rings is 1. The Hall–Kier alpha value is -0.930. The van der Waals surface area contributed by atoms with E-state index in [0.717, 1.165) is 0 Å². The van der Waals surface area contributed by atoms with Crippen molar-refractivity contribution in [3.8, 4) is 5.88 Å². The second kappa shape index (κ2) is 2.54. The van der Waals surface area contributed by atoms with E-state index in [9.17, 15) is 0 Å². The first-order chi connectivity index (χ1) is 5.68. The van der Waals surface area contributed by atoms with Gasteiger partial charge < -0.3 is 9.63 Å². The van der Waals surface area contributed by atoms with Crippen LogP contribution in [0.5, 0.6) is 5.88 Å². The summed E-state index contributed by atoms with van der Waals surface area (Å²) in [5, 5.41) is 13.7. The molecule has 0 aliphatic rings. The molecule has 0 radical (unpaired) electrons. The molecule has 3 nitrogen and oxygen atoms in total. The minimum Gasteiger partial charge on any atom is -0.491 e. The van der Waals surface area contributed by atoms with Crippen LogP contribution in [0.1, 0.15) is 0 Å². The van der Waals surface area contributed by atoms with Crippen molar-refractivity contribution in [2.75, 3.05) is 0 Å². The summed E-state index contributed by atoms with van der Waals surface area (Å²) in [5.41, 5.74) is 0.346. The third-order valence-electron chi connectivity index (χ3n) is 1.47. The van der Waals surface area contributed by atoms with Crippen molar-refractivity contribution in [3.63, 3.8) is 0 Å². The third-order valence-corrected chi connectivity index (χ3v) is 1.97. The number of nitrogens with zero attached hydrogens (tertiary/aromatic N) is 1. The monoisotopic (exact) mass is 203 g/mol. The van der Waals surface area contributed by atoms with Crippen LogP contribution in [0.2, 0.25) is 10.0 Å². The largest absolute Gasteiger partial charge is 0.491 e. The van der Waals surface area contributed by atoms with Gasteiger partial charge in [-0.3, -0.25) is 0 Å². The maximum Gasteiger partial charge on any atom is 0.259 e. The van der Waals surface area contributed by atoms with Crippen molar-refractivity contribution in [3.05, 3.63) is 22.2 Å². The van der Waals surface area contributed by atoms with Crippen molar-refractivity contribution in [2.24, 2.45) is 0 Å². The molecule has 5 heteroatoms. The summed E-state index contributed by atoms with van der Waals surface area (Å²) < 4.78 is 4.74. The van der Waals surface area contributed by atoms with E-state index in [1.807, 2.05) is 0 Å². The van der Waals surface area contributed by atoms with Gasteiger partial charge in [-0.15, -0.1) is 0 Å². The molecule has 2 rings (SSSR count). The van der Waals surface area contributed by atoms with Crippen LogP contribution < -0.4 is 0 Å². The summed E-state index contributed by atoms with van der Waals surface area (Å²) >= 11 is 11.4. The van der Waals surface area contributed by atoms with Crippen LogP contribution in [0.15, 0.2) is 16.7 Å². The van der Waals surface area contributed by atoms with Gasteiger partial charge in [0.1, 0.15) is 0 Å². The van der Waals surface area contributed by atoms with Gasteiger partial charge in [-0.05, 0) is 17.3 Å². The molecule has 0 aliphatic carbocycles. The van der Waals surface area contributed by atoms with Gasteiger partial charge in [0.05, 0.1) is 10.4 Å². The topological polar surface area (TPSA) is 46.3 Å². The van der Waals surface area contributed by atoms with Crippen molar-refractivity contribution >= 4 is 34.2 Å². The Balaban J connectivity index is 2.92. The van der Waals surface area contributed by atoms with E-state index >= 15 is 0 Å². The zero-order valence-corrected chi connectivity index (χ0v) is 7.23. The molecule has 2 aromatic rings. The molecule has 0 unspecified atom stereocenters. The van der Waals surface area contributed by atoms with Gasteiger partial charge in [-0.25, -0.2) is 0 Å². The average molecular weight is 204 g/mol. The van der Waals surface area contributed by atoms with Gasteiger partial charge in [0.15, 0.2) is 5.58 Å². The van der Waals surface area contributed by atoms with Gasteiger partial charge >= 0.3 is 0 Å². The van der Waals surface area contributed by atoms with Crippen LogP contribution in [-0.2, 0) is 0 Å². The zero-order valence-electron chi connectivity index (χ0n) is 5.71. The number of hydrogen-bond donors (Lipinski definition) is 1. The van der Waals surface area contributed by atoms with E-state index in [1.165, 1.54) is 12.1 Å². The molecule has 0 fully saturated rings. The molecule has 0 saturated carbocycles. The number of aromatic hydroxyl groups is 1. The highest BCUT2D eigenvalue weighted by atomic mass is 35.5. The molecule has 0 amide bonds. The number of fused-ring (bicyclic) bond motifs is 1. The molecule has 1 N–H and O–H groups in total. The molecule has 0 atom stereocenters. The maximum atomic E-state index is 9.14. The Morgan fingerprint density at radius 1 is 1.33 bits per heavy atom. The van der Waals surface area contributed by atoms with E-state index in [4.69, 9.17) is 32.8 Å². The molecule has 1 aromatic carbocycles. The summed E-state index contributed by atoms with van der Waals surface area (Å²) in [6.45, 7) is 0. The second-order valence-corrected chi connectivity index (χ2v) is 3.11. The quantitative estimate of drug-likeness (QED) is 0.717. The van der Waals surface area contributed by atoms with Gasteiger partial charge in [-0.1, -0.05) is 23.2 Å². The summed E-state index contributed by atoms with van der Waals surface area (Å²) in [6.07, 6.45) is 0. The number of aromatic nitrogens is 1. The Kier molecular flexibility index (Phi) is 1.63. The van der Waals surface area contributed by atoms with E-state index in [1.54, 1.807) is 0 Å². The lowest BCUT2D eigenvalue weighted by Gasteiger charge is -1.91. The van der Waals surface area contributed by atoms with E-state index < -0.39 is 0 Å². The molecule has 0 bridgehead atoms. The minimum absolute atomic E-state index is 0.200. The SMILES string of the molecule is Oc1noc2c(Cl)cc(Cl)cc12. The lowest BCUT2D eigenvalue weighted by atomic mass is 10.2. The smallest absolute Gasteiger partial charge is 0.259 e. The van der Waals surface area contributed by atoms with E-state index in [-0.39, 0.29) is 5.88 Å². The van der Waals surface area contributed by atoms with Crippen LogP contribution in [0, 0.1) is 0 Å². The second-order valence-electron chi connectivity index (χ2n) is 2.27. The Morgan fingerprint density at radius 3 is 2.83 bits per heavy atom. The van der Waals surface area contributed by atoms with Crippen molar-refractivity contribution in [2.45, 2.75) is 0 Å². The molecule has 12 heavy (non-hydrogen) atoms. The van der Waals surface area contributed by atoms with Crippen LogP contribution in [-0.4, -0.2) is 10.3 Å². The van der Waals surface area contributed by atoms with Crippen molar-refractivity contribution in [1.82, 2.24) is 5.16 Å². The lowest BCUT2D eigenvalue weighted by molar-refractivity contribution is 0.376. The fourth-order valence-electron chi connectivity index (χ4n) is 0.957. The number of halogens is 2. The Bertz CT molecular complexity index is 438. The third kappa shape index (κ3) is 1.02. The normalized spacial score (nSPS) is 10.8. The molecular weight excluding hydrogens is 201 g/mol. The molecule has 62 valence electrons. The van der Waals surface area contributed by atoms with E-state index in [2.05, 4.69) is 5.16 Å². The zero-order chi connectivity index (χ0) is 8.72. The number of hydrogen-bond acceptors (Lipinski definition) is 3. The Labute approximate surface area is 77.5 Å². The summed E-state index contributed by atoms with van der Waals surface area (Å²) in [5.74, 6) is -0.200. The van der Waals surface area contributed by atoms with Crippen LogP contribution in [0.25, 0.3) is 11.0 Å². The highest BCUT2D eigenvalue weighted by Gasteiger charge is 2.10. The lowest BCUT2D eigenvalue weighted by Crippen LogP contribution is -1.68. The summed E-state index contributed by atoms with van der Waals surface area (Å²) in [4.78, 5) is 0. The Morgan fingerprint density at radius 2 is 2.08 bits per heavy atom. The van der Waals surface area contributed by atoms with Crippen molar-refractivity contribution in [1.29, 1.82) is 0 Å². The van der Waals surface area contributed by atoms with Crippen LogP contribution >= 0.6 is 23.2 Å². The standard InChI is InChI=1S/C7H3Cl2NO2/c8-3-1-4-6(5(9)2-3)12-10-7(4)11/h1-2H,(H,10,11). The van der Waals surface area contributed by atoms with Gasteiger partial charge in [0, 0.05) is 5.02 Å². The first-order valence-corrected chi connectivity index (χ1v) is 3.87. The molecule has 0 saturated heterocycles. The van der Waals surface area contributed by atoms with Crippen molar-refractivity contribution < 1.29 is 9.63 Å². The molecular formula is C7H3Cl2NO2. The fourth-order valence-corrected chi connectivity index (χ4v) is 1.49. The first-order valence-electron chi connectivity index (χ1n) is 3.12. The maximum absolute atomic E-state index is 9.14. The van der Waals surface area contributed by atoms with E-state index in [0.29, 0.717) is 21.0 Å². The van der Waals surface area contributed by atoms with Gasteiger partial charge in [0.25, 0.3) is 5.88 Å². The predicted molar refractivity (Wildman–Crippen MR) is 45.7 cm³/mol. The summed E-state index contributed by atoms with van der Waals surface area (Å²) in [6, 6.07) is 3.06. The minimum atomic E-state index is -0.200. The van der Waals surface area contributed by atoms with Gasteiger partial charge in [-0.2, -0.15) is 0 Å². The highest BCUT2D eigenvalue weighted by Crippen LogP contribution is 2.32. The molecule has 1 aromatic heterocycles. The van der Waals surface area contributed by atoms with Gasteiger partial charge in [0.2, 0.25) is 0 Å². The first kappa shape index (κ1) is 7.71. The fraction of sp³-hybridized carbons (Fsp3) is 0.